The SMILES string of the molecule is O=C(NCCNC(=O)c1cc(S(=O)(=O)NC2CC2)c(Cl)cc1Cl)c1ccccc1Cl. The van der Waals surface area contributed by atoms with Crippen molar-refractivity contribution in [1.29, 1.82) is 0 Å². The zero-order chi connectivity index (χ0) is 21.9. The summed E-state index contributed by atoms with van der Waals surface area (Å²) in [6, 6.07) is 8.84. The third-order valence-electron chi connectivity index (χ3n) is 4.27. The molecule has 0 aliphatic heterocycles. The highest BCUT2D eigenvalue weighted by Crippen LogP contribution is 2.30. The molecule has 0 unspecified atom stereocenters. The molecule has 0 heterocycles. The summed E-state index contributed by atoms with van der Waals surface area (Å²) in [6.07, 6.45) is 1.52. The van der Waals surface area contributed by atoms with Crippen LogP contribution in [-0.4, -0.2) is 39.4 Å². The van der Waals surface area contributed by atoms with E-state index < -0.39 is 15.9 Å². The van der Waals surface area contributed by atoms with Crippen LogP contribution in [0, 0.1) is 0 Å². The van der Waals surface area contributed by atoms with Gasteiger partial charge in [0, 0.05) is 19.1 Å². The number of carbonyl (C=O) groups is 2. The molecule has 1 aliphatic rings. The predicted octanol–water partition coefficient (Wildman–Crippen LogP) is 3.25. The number of benzene rings is 2. The van der Waals surface area contributed by atoms with Crippen LogP contribution in [0.3, 0.4) is 0 Å². The normalized spacial score (nSPS) is 13.7. The van der Waals surface area contributed by atoms with Gasteiger partial charge in [-0.05, 0) is 37.1 Å². The van der Waals surface area contributed by atoms with Crippen LogP contribution in [0.2, 0.25) is 15.1 Å². The number of halogens is 3. The van der Waals surface area contributed by atoms with Gasteiger partial charge in [0.05, 0.1) is 26.2 Å². The fraction of sp³-hybridized carbons (Fsp3) is 0.263. The Balaban J connectivity index is 1.62. The monoisotopic (exact) mass is 489 g/mol. The van der Waals surface area contributed by atoms with Crippen LogP contribution in [0.4, 0.5) is 0 Å². The van der Waals surface area contributed by atoms with Crippen LogP contribution in [-0.2, 0) is 10.0 Å². The largest absolute Gasteiger partial charge is 0.350 e. The van der Waals surface area contributed by atoms with Crippen molar-refractivity contribution in [2.24, 2.45) is 0 Å². The zero-order valence-corrected chi connectivity index (χ0v) is 18.6. The fourth-order valence-electron chi connectivity index (χ4n) is 2.58. The van der Waals surface area contributed by atoms with Crippen molar-refractivity contribution < 1.29 is 18.0 Å². The second-order valence-electron chi connectivity index (χ2n) is 6.65. The second kappa shape index (κ2) is 9.53. The molecule has 0 bridgehead atoms. The summed E-state index contributed by atoms with van der Waals surface area (Å²) in [5.41, 5.74) is 0.291. The van der Waals surface area contributed by atoms with Gasteiger partial charge in [-0.15, -0.1) is 0 Å². The van der Waals surface area contributed by atoms with E-state index in [4.69, 9.17) is 34.8 Å². The van der Waals surface area contributed by atoms with Gasteiger partial charge >= 0.3 is 0 Å². The minimum absolute atomic E-state index is 0.0166. The first kappa shape index (κ1) is 22.8. The Hall–Kier alpha value is -1.84. The standard InChI is InChI=1S/C19H18Cl3N3O4S/c20-14-4-2-1-3-12(14)18(26)23-7-8-24-19(27)13-9-17(16(22)10-15(13)21)30(28,29)25-11-5-6-11/h1-4,9-11,25H,5-8H2,(H,23,26)(H,24,27). The van der Waals surface area contributed by atoms with E-state index in [-0.39, 0.29) is 45.5 Å². The Morgan fingerprint density at radius 1 is 0.867 bits per heavy atom. The number of amides is 2. The minimum atomic E-state index is -3.86. The van der Waals surface area contributed by atoms with Crippen molar-refractivity contribution in [3.05, 3.63) is 62.6 Å². The highest BCUT2D eigenvalue weighted by atomic mass is 35.5. The first-order chi connectivity index (χ1) is 14.2. The molecule has 11 heteroatoms. The van der Waals surface area contributed by atoms with Crippen LogP contribution in [0.15, 0.2) is 41.3 Å². The van der Waals surface area contributed by atoms with E-state index in [1.807, 2.05) is 0 Å². The maximum atomic E-state index is 12.5. The maximum absolute atomic E-state index is 12.5. The predicted molar refractivity (Wildman–Crippen MR) is 116 cm³/mol. The molecule has 2 aromatic rings. The van der Waals surface area contributed by atoms with E-state index in [0.717, 1.165) is 18.9 Å². The molecule has 7 nitrogen and oxygen atoms in total. The van der Waals surface area contributed by atoms with Crippen LogP contribution in [0.5, 0.6) is 0 Å². The summed E-state index contributed by atoms with van der Waals surface area (Å²) in [5.74, 6) is -0.967. The van der Waals surface area contributed by atoms with Gasteiger partial charge in [0.1, 0.15) is 4.90 Å². The van der Waals surface area contributed by atoms with Crippen molar-refractivity contribution in [2.45, 2.75) is 23.8 Å². The molecule has 1 aliphatic carbocycles. The molecular weight excluding hydrogens is 473 g/mol. The van der Waals surface area contributed by atoms with Gasteiger partial charge in [-0.3, -0.25) is 9.59 Å². The fourth-order valence-corrected chi connectivity index (χ4v) is 4.97. The number of carbonyl (C=O) groups excluding carboxylic acids is 2. The summed E-state index contributed by atoms with van der Waals surface area (Å²) in [5, 5.41) is 5.48. The van der Waals surface area contributed by atoms with Gasteiger partial charge in [-0.1, -0.05) is 46.9 Å². The van der Waals surface area contributed by atoms with Crippen molar-refractivity contribution >= 4 is 56.6 Å². The lowest BCUT2D eigenvalue weighted by Crippen LogP contribution is -2.35. The topological polar surface area (TPSA) is 104 Å². The lowest BCUT2D eigenvalue weighted by Gasteiger charge is -2.12. The smallest absolute Gasteiger partial charge is 0.252 e. The molecule has 0 radical (unpaired) electrons. The third kappa shape index (κ3) is 5.65. The Bertz CT molecular complexity index is 1090. The summed E-state index contributed by atoms with van der Waals surface area (Å²) in [6.45, 7) is 0.228. The second-order valence-corrected chi connectivity index (χ2v) is 9.55. The molecule has 2 aromatic carbocycles. The quantitative estimate of drug-likeness (QED) is 0.494. The molecule has 0 aromatic heterocycles. The van der Waals surface area contributed by atoms with Gasteiger partial charge in [-0.2, -0.15) is 0 Å². The highest BCUT2D eigenvalue weighted by molar-refractivity contribution is 7.89. The summed E-state index contributed by atoms with van der Waals surface area (Å²) >= 11 is 18.1. The van der Waals surface area contributed by atoms with Crippen LogP contribution >= 0.6 is 34.8 Å². The molecule has 0 atom stereocenters. The van der Waals surface area contributed by atoms with Crippen molar-refractivity contribution in [3.8, 4) is 0 Å². The molecule has 160 valence electrons. The molecule has 1 saturated carbocycles. The van der Waals surface area contributed by atoms with E-state index in [1.54, 1.807) is 24.3 Å². The number of sulfonamides is 1. The molecule has 1 fully saturated rings. The Kier molecular flexibility index (Phi) is 7.26. The van der Waals surface area contributed by atoms with E-state index in [1.165, 1.54) is 6.07 Å². The molecule has 3 rings (SSSR count). The first-order valence-electron chi connectivity index (χ1n) is 9.01. The van der Waals surface area contributed by atoms with Crippen molar-refractivity contribution in [2.75, 3.05) is 13.1 Å². The number of hydrogen-bond acceptors (Lipinski definition) is 4. The lowest BCUT2D eigenvalue weighted by molar-refractivity contribution is 0.0927. The average molecular weight is 491 g/mol. The Morgan fingerprint density at radius 2 is 1.47 bits per heavy atom. The van der Waals surface area contributed by atoms with Crippen molar-refractivity contribution in [1.82, 2.24) is 15.4 Å². The highest BCUT2D eigenvalue weighted by Gasteiger charge is 2.30. The molecular formula is C19H18Cl3N3O4S. The minimum Gasteiger partial charge on any atom is -0.350 e. The van der Waals surface area contributed by atoms with Crippen LogP contribution < -0.4 is 15.4 Å². The van der Waals surface area contributed by atoms with Gasteiger partial charge < -0.3 is 10.6 Å². The summed E-state index contributed by atoms with van der Waals surface area (Å²) < 4.78 is 27.4. The van der Waals surface area contributed by atoms with Gasteiger partial charge in [0.15, 0.2) is 0 Å². The van der Waals surface area contributed by atoms with E-state index in [9.17, 15) is 18.0 Å². The van der Waals surface area contributed by atoms with Gasteiger partial charge in [0.2, 0.25) is 10.0 Å². The van der Waals surface area contributed by atoms with Crippen molar-refractivity contribution in [3.63, 3.8) is 0 Å². The lowest BCUT2D eigenvalue weighted by atomic mass is 10.2. The Morgan fingerprint density at radius 3 is 2.07 bits per heavy atom. The first-order valence-corrected chi connectivity index (χ1v) is 11.6. The number of rotatable bonds is 8. The maximum Gasteiger partial charge on any atom is 0.252 e. The number of nitrogens with one attached hydrogen (secondary N) is 3. The van der Waals surface area contributed by atoms with E-state index >= 15 is 0 Å². The van der Waals surface area contributed by atoms with E-state index in [0.29, 0.717) is 10.6 Å². The summed E-state index contributed by atoms with van der Waals surface area (Å²) in [7, 11) is -3.86. The van der Waals surface area contributed by atoms with Gasteiger partial charge in [-0.25, -0.2) is 13.1 Å². The molecule has 0 spiro atoms. The third-order valence-corrected chi connectivity index (χ3v) is 6.90. The van der Waals surface area contributed by atoms with E-state index in [2.05, 4.69) is 15.4 Å². The van der Waals surface area contributed by atoms with Gasteiger partial charge in [0.25, 0.3) is 11.8 Å². The molecule has 3 N–H and O–H groups in total. The average Bonchev–Trinajstić information content (AvgIpc) is 3.48. The number of hydrogen-bond donors (Lipinski definition) is 3. The summed E-state index contributed by atoms with van der Waals surface area (Å²) in [4.78, 5) is 24.4. The molecule has 2 amide bonds. The molecule has 30 heavy (non-hydrogen) atoms. The Labute approximate surface area is 189 Å². The van der Waals surface area contributed by atoms with Crippen LogP contribution in [0.1, 0.15) is 33.6 Å². The zero-order valence-electron chi connectivity index (χ0n) is 15.5. The molecule has 0 saturated heterocycles. The van der Waals surface area contributed by atoms with Crippen LogP contribution in [0.25, 0.3) is 0 Å².